The van der Waals surface area contributed by atoms with Crippen LogP contribution >= 0.6 is 23.4 Å². The number of carbonyl (C=O) groups is 2. The lowest BCUT2D eigenvalue weighted by Gasteiger charge is -2.19. The highest BCUT2D eigenvalue weighted by molar-refractivity contribution is 8.15. The van der Waals surface area contributed by atoms with E-state index in [4.69, 9.17) is 11.6 Å². The Labute approximate surface area is 96.4 Å². The first-order valence-electron chi connectivity index (χ1n) is 4.38. The minimum absolute atomic E-state index is 0.182. The van der Waals surface area contributed by atoms with Gasteiger partial charge in [0.25, 0.3) is 5.24 Å². The van der Waals surface area contributed by atoms with Crippen LogP contribution in [0.5, 0.6) is 0 Å². The molecule has 5 heteroatoms. The molecule has 1 aliphatic heterocycles. The minimum Gasteiger partial charge on any atom is -0.302 e. The van der Waals surface area contributed by atoms with Crippen LogP contribution in [0.4, 0.5) is 10.5 Å². The number of thioether (sulfide) groups is 1. The van der Waals surface area contributed by atoms with Crippen LogP contribution < -0.4 is 4.90 Å². The molecule has 0 radical (unpaired) electrons. The van der Waals surface area contributed by atoms with Gasteiger partial charge in [0, 0.05) is 5.69 Å². The maximum absolute atomic E-state index is 11.6. The second kappa shape index (κ2) is 4.24. The van der Waals surface area contributed by atoms with Crippen LogP contribution in [0.2, 0.25) is 0 Å². The highest BCUT2D eigenvalue weighted by atomic mass is 35.5. The van der Waals surface area contributed by atoms with E-state index in [-0.39, 0.29) is 5.24 Å². The predicted octanol–water partition coefficient (Wildman–Crippen LogP) is 2.49. The van der Waals surface area contributed by atoms with E-state index in [1.54, 1.807) is 12.1 Å². The summed E-state index contributed by atoms with van der Waals surface area (Å²) in [6.45, 7) is 0. The van der Waals surface area contributed by atoms with E-state index < -0.39 is 10.8 Å². The van der Waals surface area contributed by atoms with Crippen molar-refractivity contribution in [1.29, 1.82) is 0 Å². The van der Waals surface area contributed by atoms with Gasteiger partial charge in [0.05, 0.1) is 0 Å². The first-order chi connectivity index (χ1) is 7.24. The maximum atomic E-state index is 11.6. The van der Waals surface area contributed by atoms with E-state index in [9.17, 15) is 9.59 Å². The van der Waals surface area contributed by atoms with Gasteiger partial charge in [-0.3, -0.25) is 9.69 Å². The van der Waals surface area contributed by atoms with Gasteiger partial charge in [-0.05, 0) is 23.9 Å². The summed E-state index contributed by atoms with van der Waals surface area (Å²) < 4.78 is 0. The van der Waals surface area contributed by atoms with Crippen molar-refractivity contribution >= 4 is 40.6 Å². The number of hydrogen-bond donors (Lipinski definition) is 0. The molecule has 0 N–H and O–H groups in total. The second-order valence-electron chi connectivity index (χ2n) is 3.06. The summed E-state index contributed by atoms with van der Waals surface area (Å²) in [5, 5.41) is -0.669. The fraction of sp³-hybridized carbons (Fsp3) is 0.200. The topological polar surface area (TPSA) is 37.4 Å². The molecule has 1 aromatic carbocycles. The number of benzene rings is 1. The van der Waals surface area contributed by atoms with Gasteiger partial charge in [0.15, 0.2) is 0 Å². The first-order valence-corrected chi connectivity index (χ1v) is 5.70. The third kappa shape index (κ3) is 1.87. The van der Waals surface area contributed by atoms with Crippen LogP contribution in [0.25, 0.3) is 0 Å². The molecule has 1 amide bonds. The third-order valence-electron chi connectivity index (χ3n) is 2.12. The standard InChI is InChI=1S/C10H8ClNO2S/c11-9-8(6-13)15-10(14)12(9)7-4-2-1-3-5-7/h1-6,8-9H/t8-,9?/m1/s1. The van der Waals surface area contributed by atoms with Crippen LogP contribution in [0.1, 0.15) is 0 Å². The Balaban J connectivity index is 2.30. The van der Waals surface area contributed by atoms with Crippen molar-refractivity contribution in [3.05, 3.63) is 30.3 Å². The van der Waals surface area contributed by atoms with Crippen LogP contribution in [0.15, 0.2) is 30.3 Å². The molecule has 1 aliphatic rings. The van der Waals surface area contributed by atoms with E-state index in [2.05, 4.69) is 0 Å². The molecule has 78 valence electrons. The van der Waals surface area contributed by atoms with Crippen molar-refractivity contribution in [3.63, 3.8) is 0 Å². The summed E-state index contributed by atoms with van der Waals surface area (Å²) in [7, 11) is 0. The van der Waals surface area contributed by atoms with E-state index >= 15 is 0 Å². The Morgan fingerprint density at radius 2 is 2.00 bits per heavy atom. The Morgan fingerprint density at radius 1 is 1.33 bits per heavy atom. The number of nitrogens with zero attached hydrogens (tertiary/aromatic N) is 1. The quantitative estimate of drug-likeness (QED) is 0.454. The molecule has 3 nitrogen and oxygen atoms in total. The molecule has 1 fully saturated rings. The Kier molecular flexibility index (Phi) is 2.98. The number of alkyl halides is 1. The van der Waals surface area contributed by atoms with Crippen molar-refractivity contribution in [2.75, 3.05) is 4.90 Å². The number of hydrogen-bond acceptors (Lipinski definition) is 3. The lowest BCUT2D eigenvalue weighted by Crippen LogP contribution is -2.32. The zero-order valence-electron chi connectivity index (χ0n) is 7.67. The van der Waals surface area contributed by atoms with Crippen molar-refractivity contribution < 1.29 is 9.59 Å². The number of anilines is 1. The van der Waals surface area contributed by atoms with E-state index in [0.717, 1.165) is 17.4 Å². The largest absolute Gasteiger partial charge is 0.302 e. The SMILES string of the molecule is O=C[C@H]1SC(=O)N(c2ccccc2)C1Cl. The van der Waals surface area contributed by atoms with Crippen molar-refractivity contribution in [2.45, 2.75) is 10.8 Å². The molecule has 1 saturated heterocycles. The van der Waals surface area contributed by atoms with Gasteiger partial charge in [-0.25, -0.2) is 0 Å². The van der Waals surface area contributed by atoms with Crippen molar-refractivity contribution in [2.24, 2.45) is 0 Å². The van der Waals surface area contributed by atoms with Gasteiger partial charge in [-0.2, -0.15) is 0 Å². The minimum atomic E-state index is -0.595. The van der Waals surface area contributed by atoms with E-state index in [1.807, 2.05) is 18.2 Å². The van der Waals surface area contributed by atoms with Gasteiger partial charge in [-0.15, -0.1) is 0 Å². The lowest BCUT2D eigenvalue weighted by molar-refractivity contribution is -0.107. The normalized spacial score (nSPS) is 25.7. The smallest absolute Gasteiger partial charge is 0.288 e. The number of amides is 1. The number of carbonyl (C=O) groups excluding carboxylic acids is 2. The Hall–Kier alpha value is -1.00. The molecule has 2 atom stereocenters. The van der Waals surface area contributed by atoms with Gasteiger partial charge in [-0.1, -0.05) is 29.8 Å². The molecular weight excluding hydrogens is 234 g/mol. The average molecular weight is 242 g/mol. The molecular formula is C10H8ClNO2S. The van der Waals surface area contributed by atoms with Crippen LogP contribution in [-0.4, -0.2) is 22.3 Å². The predicted molar refractivity (Wildman–Crippen MR) is 61.4 cm³/mol. The molecule has 15 heavy (non-hydrogen) atoms. The highest BCUT2D eigenvalue weighted by Crippen LogP contribution is 2.36. The van der Waals surface area contributed by atoms with Gasteiger partial charge in [0.2, 0.25) is 0 Å². The molecule has 0 spiro atoms. The maximum Gasteiger partial charge on any atom is 0.288 e. The summed E-state index contributed by atoms with van der Waals surface area (Å²) in [5.41, 5.74) is 0.127. The first kappa shape index (κ1) is 10.5. The third-order valence-corrected chi connectivity index (χ3v) is 3.78. The summed E-state index contributed by atoms with van der Waals surface area (Å²) in [4.78, 5) is 23.7. The van der Waals surface area contributed by atoms with Gasteiger partial charge < -0.3 is 4.79 Å². The summed E-state index contributed by atoms with van der Waals surface area (Å²) in [5.74, 6) is 0. The van der Waals surface area contributed by atoms with Gasteiger partial charge >= 0.3 is 0 Å². The molecule has 1 heterocycles. The lowest BCUT2D eigenvalue weighted by atomic mass is 10.3. The number of halogens is 1. The highest BCUT2D eigenvalue weighted by Gasteiger charge is 2.40. The number of para-hydroxylation sites is 1. The average Bonchev–Trinajstić information content (AvgIpc) is 2.55. The summed E-state index contributed by atoms with van der Waals surface area (Å²) >= 11 is 6.99. The zero-order valence-corrected chi connectivity index (χ0v) is 9.24. The fourth-order valence-corrected chi connectivity index (χ4v) is 2.73. The molecule has 0 saturated carbocycles. The molecule has 0 aromatic heterocycles. The van der Waals surface area contributed by atoms with Crippen molar-refractivity contribution in [1.82, 2.24) is 0 Å². The summed E-state index contributed by atoms with van der Waals surface area (Å²) in [6, 6.07) is 9.09. The zero-order chi connectivity index (χ0) is 10.8. The fourth-order valence-electron chi connectivity index (χ4n) is 1.41. The van der Waals surface area contributed by atoms with Crippen molar-refractivity contribution in [3.8, 4) is 0 Å². The number of aldehydes is 1. The molecule has 2 rings (SSSR count). The number of rotatable bonds is 2. The Bertz CT molecular complexity index is 384. The molecule has 0 bridgehead atoms. The van der Waals surface area contributed by atoms with E-state index in [1.165, 1.54) is 4.90 Å². The monoisotopic (exact) mass is 241 g/mol. The Morgan fingerprint density at radius 3 is 2.53 bits per heavy atom. The van der Waals surface area contributed by atoms with Crippen LogP contribution in [-0.2, 0) is 4.79 Å². The van der Waals surface area contributed by atoms with Gasteiger partial charge in [0.1, 0.15) is 17.0 Å². The molecule has 0 aliphatic carbocycles. The molecule has 1 unspecified atom stereocenters. The molecule has 1 aromatic rings. The van der Waals surface area contributed by atoms with Crippen LogP contribution in [0, 0.1) is 0 Å². The second-order valence-corrected chi connectivity index (χ2v) is 4.64. The van der Waals surface area contributed by atoms with Crippen LogP contribution in [0.3, 0.4) is 0 Å². The summed E-state index contributed by atoms with van der Waals surface area (Å²) in [6.07, 6.45) is 0.711. The van der Waals surface area contributed by atoms with E-state index in [0.29, 0.717) is 6.29 Å².